The maximum absolute atomic E-state index is 11.4. The van der Waals surface area contributed by atoms with Crippen molar-refractivity contribution in [3.63, 3.8) is 0 Å². The Hall–Kier alpha value is -1.59. The fraction of sp³-hybridized carbons (Fsp3) is 0.500. The number of phenolic OH excluding ortho intramolecular Hbond substituents is 1. The molecule has 0 aliphatic carbocycles. The van der Waals surface area contributed by atoms with Crippen molar-refractivity contribution in [3.8, 4) is 5.75 Å². The maximum atomic E-state index is 11.4. The monoisotopic (exact) mass is 267 g/mol. The Kier molecular flexibility index (Phi) is 4.91. The zero-order valence-corrected chi connectivity index (χ0v) is 11.7. The second-order valence-corrected chi connectivity index (χ2v) is 5.49. The largest absolute Gasteiger partial charge is 0.508 e. The predicted octanol–water partition coefficient (Wildman–Crippen LogP) is 1.43. The molecule has 0 saturated heterocycles. The molecule has 106 valence electrons. The average Bonchev–Trinajstić information content (AvgIpc) is 2.24. The summed E-state index contributed by atoms with van der Waals surface area (Å²) in [5, 5.41) is 22.5. The van der Waals surface area contributed by atoms with Crippen LogP contribution in [0.4, 0.5) is 0 Å². The Morgan fingerprint density at radius 2 is 2.00 bits per heavy atom. The molecule has 5 heteroatoms. The maximum Gasteiger partial charge on any atom is 0.337 e. The standard InChI is InChI=1S/C14H21NO4/c1-14(2,3)15-12(17)7-9-5-10(13(18)19-4)8-11(16)6-9/h5-6,8,12,15-17H,7H2,1-4H3. The van der Waals surface area contributed by atoms with Crippen LogP contribution in [0.15, 0.2) is 18.2 Å². The molecule has 0 heterocycles. The van der Waals surface area contributed by atoms with Crippen molar-refractivity contribution in [2.24, 2.45) is 0 Å². The second-order valence-electron chi connectivity index (χ2n) is 5.49. The van der Waals surface area contributed by atoms with E-state index in [9.17, 15) is 15.0 Å². The van der Waals surface area contributed by atoms with E-state index in [1.165, 1.54) is 19.2 Å². The zero-order valence-electron chi connectivity index (χ0n) is 11.7. The van der Waals surface area contributed by atoms with Gasteiger partial charge < -0.3 is 14.9 Å². The summed E-state index contributed by atoms with van der Waals surface area (Å²) in [6, 6.07) is 4.44. The van der Waals surface area contributed by atoms with Crippen LogP contribution in [0.5, 0.6) is 5.75 Å². The van der Waals surface area contributed by atoms with Crippen LogP contribution in [-0.4, -0.2) is 35.1 Å². The van der Waals surface area contributed by atoms with Gasteiger partial charge in [0, 0.05) is 12.0 Å². The molecule has 0 aromatic heterocycles. The van der Waals surface area contributed by atoms with Crippen LogP contribution in [0.2, 0.25) is 0 Å². The molecule has 19 heavy (non-hydrogen) atoms. The Balaban J connectivity index is 2.84. The summed E-state index contributed by atoms with van der Waals surface area (Å²) in [4.78, 5) is 11.4. The average molecular weight is 267 g/mol. The molecule has 0 bridgehead atoms. The third-order valence-electron chi connectivity index (χ3n) is 2.43. The number of rotatable bonds is 4. The summed E-state index contributed by atoms with van der Waals surface area (Å²) in [5.74, 6) is -0.545. The number of hydrogen-bond acceptors (Lipinski definition) is 5. The van der Waals surface area contributed by atoms with Gasteiger partial charge in [-0.15, -0.1) is 0 Å². The van der Waals surface area contributed by atoms with Gasteiger partial charge in [0.15, 0.2) is 0 Å². The van der Waals surface area contributed by atoms with Crippen LogP contribution < -0.4 is 5.32 Å². The van der Waals surface area contributed by atoms with E-state index in [1.807, 2.05) is 20.8 Å². The molecule has 0 fully saturated rings. The predicted molar refractivity (Wildman–Crippen MR) is 72.0 cm³/mol. The van der Waals surface area contributed by atoms with Gasteiger partial charge in [-0.25, -0.2) is 4.79 Å². The number of esters is 1. The van der Waals surface area contributed by atoms with Crippen molar-refractivity contribution in [2.75, 3.05) is 7.11 Å². The summed E-state index contributed by atoms with van der Waals surface area (Å²) in [5.41, 5.74) is 0.701. The van der Waals surface area contributed by atoms with E-state index in [1.54, 1.807) is 6.07 Å². The molecule has 1 aromatic carbocycles. The smallest absolute Gasteiger partial charge is 0.337 e. The lowest BCUT2D eigenvalue weighted by molar-refractivity contribution is 0.0599. The number of hydrogen-bond donors (Lipinski definition) is 3. The molecular formula is C14H21NO4. The van der Waals surface area contributed by atoms with E-state index in [0.717, 1.165) is 0 Å². The van der Waals surface area contributed by atoms with Crippen LogP contribution >= 0.6 is 0 Å². The molecule has 1 atom stereocenters. The minimum absolute atomic E-state index is 0.0270. The van der Waals surface area contributed by atoms with Gasteiger partial charge in [0.2, 0.25) is 0 Å². The first-order valence-corrected chi connectivity index (χ1v) is 6.08. The molecule has 3 N–H and O–H groups in total. The number of aliphatic hydroxyl groups excluding tert-OH is 1. The lowest BCUT2D eigenvalue weighted by atomic mass is 10.0. The number of benzene rings is 1. The second kappa shape index (κ2) is 6.04. The van der Waals surface area contributed by atoms with Crippen molar-refractivity contribution < 1.29 is 19.7 Å². The van der Waals surface area contributed by atoms with Gasteiger partial charge in [-0.3, -0.25) is 5.32 Å². The fourth-order valence-electron chi connectivity index (χ4n) is 1.80. The highest BCUT2D eigenvalue weighted by Gasteiger charge is 2.16. The summed E-state index contributed by atoms with van der Waals surface area (Å²) < 4.78 is 4.60. The number of aliphatic hydroxyl groups is 1. The topological polar surface area (TPSA) is 78.8 Å². The highest BCUT2D eigenvalue weighted by molar-refractivity contribution is 5.90. The van der Waals surface area contributed by atoms with Crippen LogP contribution in [0.3, 0.4) is 0 Å². The van der Waals surface area contributed by atoms with E-state index < -0.39 is 12.2 Å². The normalized spacial score (nSPS) is 13.1. The van der Waals surface area contributed by atoms with Crippen molar-refractivity contribution in [1.82, 2.24) is 5.32 Å². The Morgan fingerprint density at radius 3 is 2.53 bits per heavy atom. The number of aromatic hydroxyl groups is 1. The lowest BCUT2D eigenvalue weighted by Crippen LogP contribution is -2.44. The number of ether oxygens (including phenoxy) is 1. The Labute approximate surface area is 113 Å². The van der Waals surface area contributed by atoms with Crippen LogP contribution in [0, 0.1) is 0 Å². The van der Waals surface area contributed by atoms with Crippen LogP contribution in [-0.2, 0) is 11.2 Å². The van der Waals surface area contributed by atoms with Gasteiger partial charge in [0.25, 0.3) is 0 Å². The van der Waals surface area contributed by atoms with Crippen molar-refractivity contribution in [1.29, 1.82) is 0 Å². The molecule has 0 radical (unpaired) electrons. The minimum atomic E-state index is -0.757. The van der Waals surface area contributed by atoms with Gasteiger partial charge >= 0.3 is 5.97 Å². The summed E-state index contributed by atoms with van der Waals surface area (Å²) >= 11 is 0. The Bertz CT molecular complexity index is 451. The molecule has 0 aliphatic rings. The van der Waals surface area contributed by atoms with Crippen molar-refractivity contribution in [2.45, 2.75) is 39.0 Å². The van der Waals surface area contributed by atoms with Crippen molar-refractivity contribution in [3.05, 3.63) is 29.3 Å². The summed E-state index contributed by atoms with van der Waals surface area (Å²) in [6.07, 6.45) is -0.470. The van der Waals surface area contributed by atoms with Gasteiger partial charge in [0.1, 0.15) is 12.0 Å². The first-order chi connectivity index (χ1) is 8.71. The molecule has 0 amide bonds. The van der Waals surface area contributed by atoms with Gasteiger partial charge in [-0.1, -0.05) is 0 Å². The number of methoxy groups -OCH3 is 1. The van der Waals surface area contributed by atoms with Crippen LogP contribution in [0.1, 0.15) is 36.7 Å². The molecule has 0 saturated carbocycles. The van der Waals surface area contributed by atoms with E-state index >= 15 is 0 Å². The number of phenols is 1. The van der Waals surface area contributed by atoms with E-state index in [4.69, 9.17) is 0 Å². The molecule has 1 unspecified atom stereocenters. The molecule has 0 spiro atoms. The van der Waals surface area contributed by atoms with E-state index in [0.29, 0.717) is 5.56 Å². The number of carbonyl (C=O) groups excluding carboxylic acids is 1. The zero-order chi connectivity index (χ0) is 14.6. The van der Waals surface area contributed by atoms with E-state index in [2.05, 4.69) is 10.1 Å². The first kappa shape index (κ1) is 15.5. The van der Waals surface area contributed by atoms with Gasteiger partial charge in [-0.2, -0.15) is 0 Å². The molecule has 1 rings (SSSR count). The number of carbonyl (C=O) groups is 1. The molecular weight excluding hydrogens is 246 g/mol. The highest BCUT2D eigenvalue weighted by atomic mass is 16.5. The summed E-state index contributed by atoms with van der Waals surface area (Å²) in [7, 11) is 1.28. The molecule has 0 aliphatic heterocycles. The highest BCUT2D eigenvalue weighted by Crippen LogP contribution is 2.18. The quantitative estimate of drug-likeness (QED) is 0.568. The van der Waals surface area contributed by atoms with Gasteiger partial charge in [-0.05, 0) is 44.5 Å². The van der Waals surface area contributed by atoms with Crippen LogP contribution in [0.25, 0.3) is 0 Å². The first-order valence-electron chi connectivity index (χ1n) is 6.08. The summed E-state index contributed by atoms with van der Waals surface area (Å²) in [6.45, 7) is 5.83. The third-order valence-corrected chi connectivity index (χ3v) is 2.43. The minimum Gasteiger partial charge on any atom is -0.508 e. The molecule has 5 nitrogen and oxygen atoms in total. The molecule has 1 aromatic rings. The van der Waals surface area contributed by atoms with E-state index in [-0.39, 0.29) is 23.3 Å². The van der Waals surface area contributed by atoms with Gasteiger partial charge in [0.05, 0.1) is 12.7 Å². The lowest BCUT2D eigenvalue weighted by Gasteiger charge is -2.25. The SMILES string of the molecule is COC(=O)c1cc(O)cc(CC(O)NC(C)(C)C)c1. The Morgan fingerprint density at radius 1 is 1.37 bits per heavy atom. The number of nitrogens with one attached hydrogen (secondary N) is 1. The third kappa shape index (κ3) is 5.28. The van der Waals surface area contributed by atoms with Crippen molar-refractivity contribution >= 4 is 5.97 Å². The fourth-order valence-corrected chi connectivity index (χ4v) is 1.80.